The minimum absolute atomic E-state index is 0. The lowest BCUT2D eigenvalue weighted by Gasteiger charge is -2.08. The second kappa shape index (κ2) is 6.62. The highest BCUT2D eigenvalue weighted by Crippen LogP contribution is 2.02. The summed E-state index contributed by atoms with van der Waals surface area (Å²) in [5.74, 6) is 0. The molecule has 0 atom stereocenters. The van der Waals surface area contributed by atoms with Gasteiger partial charge in [0.2, 0.25) is 0 Å². The molecule has 1 heterocycles. The molecule has 1 fully saturated rings. The predicted molar refractivity (Wildman–Crippen MR) is 41.8 cm³/mol. The fourth-order valence-corrected chi connectivity index (χ4v) is 1.28. The van der Waals surface area contributed by atoms with E-state index >= 15 is 0 Å². The van der Waals surface area contributed by atoms with Crippen molar-refractivity contribution in [3.8, 4) is 0 Å². The largest absolute Gasteiger partial charge is 1.00 e. The Morgan fingerprint density at radius 3 is 2.45 bits per heavy atom. The van der Waals surface area contributed by atoms with Gasteiger partial charge in [0, 0.05) is 20.0 Å². The first-order chi connectivity index (χ1) is 4.93. The van der Waals surface area contributed by atoms with Crippen molar-refractivity contribution >= 4 is 6.21 Å². The molecule has 66 valence electrons. The summed E-state index contributed by atoms with van der Waals surface area (Å²) < 4.78 is 7.30. The van der Waals surface area contributed by atoms with Gasteiger partial charge in [0.05, 0.1) is 0 Å². The van der Waals surface area contributed by atoms with Crippen molar-refractivity contribution in [2.24, 2.45) is 0 Å². The molecule has 11 heavy (non-hydrogen) atoms. The maximum Gasteiger partial charge on any atom is 0.165 e. The van der Waals surface area contributed by atoms with Gasteiger partial charge in [-0.05, 0) is 6.42 Å². The van der Waals surface area contributed by atoms with E-state index in [1.807, 2.05) is 0 Å². The molecular weight excluding hydrogens is 162 g/mol. The van der Waals surface area contributed by atoms with Crippen molar-refractivity contribution in [1.29, 1.82) is 0 Å². The van der Waals surface area contributed by atoms with Gasteiger partial charge in [0.25, 0.3) is 0 Å². The van der Waals surface area contributed by atoms with Gasteiger partial charge in [0.1, 0.15) is 19.7 Å². The first kappa shape index (κ1) is 10.9. The van der Waals surface area contributed by atoms with E-state index in [0.717, 1.165) is 6.61 Å². The smallest absolute Gasteiger partial charge is 0.165 e. The molecule has 0 aromatic heterocycles. The highest BCUT2D eigenvalue weighted by atomic mass is 35.5. The Bertz CT molecular complexity index is 117. The van der Waals surface area contributed by atoms with Crippen molar-refractivity contribution in [1.82, 2.24) is 0 Å². The number of methoxy groups -OCH3 is 1. The second-order valence-electron chi connectivity index (χ2n) is 2.73. The van der Waals surface area contributed by atoms with E-state index in [1.165, 1.54) is 32.4 Å². The van der Waals surface area contributed by atoms with E-state index in [1.54, 1.807) is 7.11 Å². The van der Waals surface area contributed by atoms with Gasteiger partial charge in [-0.25, -0.2) is 4.58 Å². The molecule has 0 N–H and O–H groups in total. The molecule has 3 heteroatoms. The zero-order chi connectivity index (χ0) is 7.23. The summed E-state index contributed by atoms with van der Waals surface area (Å²) in [6.07, 6.45) is 6.25. The molecule has 0 spiro atoms. The van der Waals surface area contributed by atoms with Crippen LogP contribution in [0.25, 0.3) is 0 Å². The van der Waals surface area contributed by atoms with E-state index in [2.05, 4.69) is 10.8 Å². The molecule has 0 unspecified atom stereocenters. The quantitative estimate of drug-likeness (QED) is 0.441. The number of hydrogen-bond donors (Lipinski definition) is 0. The Hall–Kier alpha value is -0.0800. The molecule has 0 aromatic carbocycles. The molecule has 1 aliphatic rings. The standard InChI is InChI=1S/C8H16NO.ClH/c1-10-8-7-9-5-3-2-4-6-9;/h7H,2-6,8H2,1H3;1H/q+1;/p-1. The van der Waals surface area contributed by atoms with Gasteiger partial charge >= 0.3 is 0 Å². The van der Waals surface area contributed by atoms with Crippen LogP contribution in [0.1, 0.15) is 19.3 Å². The molecule has 0 radical (unpaired) electrons. The normalized spacial score (nSPS) is 17.4. The van der Waals surface area contributed by atoms with Crippen LogP contribution in [0.5, 0.6) is 0 Å². The SMILES string of the molecule is COCC=[N+]1CCCCC1.[Cl-]. The van der Waals surface area contributed by atoms with Gasteiger partial charge in [-0.2, -0.15) is 0 Å². The monoisotopic (exact) mass is 177 g/mol. The molecule has 0 aliphatic carbocycles. The van der Waals surface area contributed by atoms with E-state index in [0.29, 0.717) is 0 Å². The van der Waals surface area contributed by atoms with Gasteiger partial charge in [-0.1, -0.05) is 0 Å². The van der Waals surface area contributed by atoms with Gasteiger partial charge < -0.3 is 17.1 Å². The Morgan fingerprint density at radius 2 is 1.91 bits per heavy atom. The highest BCUT2D eigenvalue weighted by molar-refractivity contribution is 5.52. The zero-order valence-electron chi connectivity index (χ0n) is 7.05. The van der Waals surface area contributed by atoms with E-state index < -0.39 is 0 Å². The van der Waals surface area contributed by atoms with Crippen LogP contribution in [0.15, 0.2) is 0 Å². The molecule has 0 bridgehead atoms. The topological polar surface area (TPSA) is 12.2 Å². The lowest BCUT2D eigenvalue weighted by molar-refractivity contribution is -0.534. The number of rotatable bonds is 2. The summed E-state index contributed by atoms with van der Waals surface area (Å²) in [5.41, 5.74) is 0. The number of piperidine rings is 1. The molecule has 1 saturated heterocycles. The zero-order valence-corrected chi connectivity index (χ0v) is 7.81. The summed E-state index contributed by atoms with van der Waals surface area (Å²) in [7, 11) is 1.74. The summed E-state index contributed by atoms with van der Waals surface area (Å²) in [5, 5.41) is 0. The maximum atomic E-state index is 4.95. The maximum absolute atomic E-state index is 4.95. The fraction of sp³-hybridized carbons (Fsp3) is 0.875. The molecule has 0 aromatic rings. The summed E-state index contributed by atoms with van der Waals surface area (Å²) in [6, 6.07) is 0. The van der Waals surface area contributed by atoms with Crippen LogP contribution in [-0.2, 0) is 4.74 Å². The minimum Gasteiger partial charge on any atom is -1.00 e. The molecule has 2 nitrogen and oxygen atoms in total. The van der Waals surface area contributed by atoms with Crippen molar-refractivity contribution in [3.63, 3.8) is 0 Å². The van der Waals surface area contributed by atoms with Gasteiger partial charge in [-0.3, -0.25) is 0 Å². The van der Waals surface area contributed by atoms with Crippen LogP contribution >= 0.6 is 0 Å². The predicted octanol–water partition coefficient (Wildman–Crippen LogP) is -2.10. The van der Waals surface area contributed by atoms with Crippen molar-refractivity contribution in [2.75, 3.05) is 26.8 Å². The third-order valence-corrected chi connectivity index (χ3v) is 1.89. The summed E-state index contributed by atoms with van der Waals surface area (Å²) in [4.78, 5) is 0. The number of hydrogen-bond acceptors (Lipinski definition) is 1. The Labute approximate surface area is 74.7 Å². The van der Waals surface area contributed by atoms with Crippen molar-refractivity contribution < 1.29 is 21.7 Å². The molecule has 0 amide bonds. The lowest BCUT2D eigenvalue weighted by Crippen LogP contribution is -3.00. The molecule has 1 rings (SSSR count). The first-order valence-electron chi connectivity index (χ1n) is 4.00. The third kappa shape index (κ3) is 4.38. The first-order valence-corrected chi connectivity index (χ1v) is 4.00. The fourth-order valence-electron chi connectivity index (χ4n) is 1.28. The minimum atomic E-state index is 0. The Balaban J connectivity index is 0.000001000. The van der Waals surface area contributed by atoms with Crippen molar-refractivity contribution in [2.45, 2.75) is 19.3 Å². The second-order valence-corrected chi connectivity index (χ2v) is 2.73. The average Bonchev–Trinajstić information content (AvgIpc) is 2.03. The summed E-state index contributed by atoms with van der Waals surface area (Å²) in [6.45, 7) is 3.22. The van der Waals surface area contributed by atoms with Crippen LogP contribution in [0, 0.1) is 0 Å². The lowest BCUT2D eigenvalue weighted by atomic mass is 10.2. The van der Waals surface area contributed by atoms with E-state index in [-0.39, 0.29) is 12.4 Å². The van der Waals surface area contributed by atoms with Crippen LogP contribution in [0.4, 0.5) is 0 Å². The van der Waals surface area contributed by atoms with E-state index in [4.69, 9.17) is 4.74 Å². The highest BCUT2D eigenvalue weighted by Gasteiger charge is 2.08. The third-order valence-electron chi connectivity index (χ3n) is 1.89. The summed E-state index contributed by atoms with van der Waals surface area (Å²) >= 11 is 0. The van der Waals surface area contributed by atoms with Crippen LogP contribution in [0.3, 0.4) is 0 Å². The van der Waals surface area contributed by atoms with Crippen LogP contribution in [-0.4, -0.2) is 37.6 Å². The molecule has 0 saturated carbocycles. The number of halogens is 1. The number of nitrogens with zero attached hydrogens (tertiary/aromatic N) is 1. The number of ether oxygens (including phenoxy) is 1. The van der Waals surface area contributed by atoms with Crippen LogP contribution < -0.4 is 12.4 Å². The van der Waals surface area contributed by atoms with Crippen molar-refractivity contribution in [3.05, 3.63) is 0 Å². The van der Waals surface area contributed by atoms with E-state index in [9.17, 15) is 0 Å². The van der Waals surface area contributed by atoms with Crippen LogP contribution in [0.2, 0.25) is 0 Å². The average molecular weight is 178 g/mol. The molecular formula is C8H16ClNO. The molecule has 1 aliphatic heterocycles. The Morgan fingerprint density at radius 1 is 1.27 bits per heavy atom. The van der Waals surface area contributed by atoms with Gasteiger partial charge in [-0.15, -0.1) is 0 Å². The van der Waals surface area contributed by atoms with Gasteiger partial charge in [0.15, 0.2) is 6.21 Å². The Kier molecular flexibility index (Phi) is 6.57.